The summed E-state index contributed by atoms with van der Waals surface area (Å²) in [5, 5.41) is 0. The van der Waals surface area contributed by atoms with Crippen LogP contribution < -0.4 is 9.64 Å². The highest BCUT2D eigenvalue weighted by Crippen LogP contribution is 2.31. The fourth-order valence-electron chi connectivity index (χ4n) is 1.84. The predicted molar refractivity (Wildman–Crippen MR) is 64.4 cm³/mol. The second-order valence-corrected chi connectivity index (χ2v) is 4.47. The van der Waals surface area contributed by atoms with E-state index in [1.807, 2.05) is 39.1 Å². The highest BCUT2D eigenvalue weighted by Gasteiger charge is 2.18. The van der Waals surface area contributed by atoms with Gasteiger partial charge in [0.25, 0.3) is 0 Å². The standard InChI is InChI=1S/C13H17NO2/c1-9(2)13(15)10-4-5-11-12(8-10)16-7-6-14(11)3/h4-5,8-9H,6-7H2,1-3H3. The number of anilines is 1. The van der Waals surface area contributed by atoms with Gasteiger partial charge in [0, 0.05) is 18.5 Å². The van der Waals surface area contributed by atoms with Gasteiger partial charge in [-0.05, 0) is 18.2 Å². The minimum atomic E-state index is 0.0272. The van der Waals surface area contributed by atoms with Gasteiger partial charge in [0.2, 0.25) is 0 Å². The lowest BCUT2D eigenvalue weighted by Gasteiger charge is -2.27. The van der Waals surface area contributed by atoms with Gasteiger partial charge in [-0.1, -0.05) is 13.8 Å². The third-order valence-electron chi connectivity index (χ3n) is 2.86. The van der Waals surface area contributed by atoms with Crippen LogP contribution in [0.3, 0.4) is 0 Å². The summed E-state index contributed by atoms with van der Waals surface area (Å²) in [5.74, 6) is 1.01. The number of rotatable bonds is 2. The average molecular weight is 219 g/mol. The number of benzene rings is 1. The molecule has 1 aliphatic rings. The summed E-state index contributed by atoms with van der Waals surface area (Å²) >= 11 is 0. The Kier molecular flexibility index (Phi) is 2.86. The van der Waals surface area contributed by atoms with Crippen molar-refractivity contribution in [1.82, 2.24) is 0 Å². The van der Waals surface area contributed by atoms with Crippen LogP contribution in [0.2, 0.25) is 0 Å². The van der Waals surface area contributed by atoms with E-state index < -0.39 is 0 Å². The third kappa shape index (κ3) is 1.90. The molecule has 1 aromatic carbocycles. The molecule has 3 nitrogen and oxygen atoms in total. The van der Waals surface area contributed by atoms with Crippen molar-refractivity contribution in [2.45, 2.75) is 13.8 Å². The van der Waals surface area contributed by atoms with Crippen molar-refractivity contribution in [3.8, 4) is 5.75 Å². The van der Waals surface area contributed by atoms with Gasteiger partial charge in [-0.3, -0.25) is 4.79 Å². The lowest BCUT2D eigenvalue weighted by Crippen LogP contribution is -2.28. The van der Waals surface area contributed by atoms with Crippen molar-refractivity contribution in [3.63, 3.8) is 0 Å². The SMILES string of the molecule is CC(C)C(=O)c1ccc2c(c1)OCCN2C. The number of carbonyl (C=O) groups is 1. The first-order valence-electron chi connectivity index (χ1n) is 5.62. The molecule has 0 aliphatic carbocycles. The third-order valence-corrected chi connectivity index (χ3v) is 2.86. The molecule has 0 saturated heterocycles. The molecular weight excluding hydrogens is 202 g/mol. The van der Waals surface area contributed by atoms with Crippen molar-refractivity contribution in [3.05, 3.63) is 23.8 Å². The van der Waals surface area contributed by atoms with Crippen molar-refractivity contribution in [2.24, 2.45) is 5.92 Å². The van der Waals surface area contributed by atoms with Gasteiger partial charge in [0.15, 0.2) is 5.78 Å². The molecule has 3 heteroatoms. The number of hydrogen-bond acceptors (Lipinski definition) is 3. The second kappa shape index (κ2) is 4.16. The maximum absolute atomic E-state index is 11.8. The van der Waals surface area contributed by atoms with Crippen LogP contribution in [-0.4, -0.2) is 26.0 Å². The van der Waals surface area contributed by atoms with E-state index in [-0.39, 0.29) is 11.7 Å². The van der Waals surface area contributed by atoms with E-state index >= 15 is 0 Å². The van der Waals surface area contributed by atoms with E-state index in [1.54, 1.807) is 0 Å². The zero-order chi connectivity index (χ0) is 11.7. The summed E-state index contributed by atoms with van der Waals surface area (Å²) < 4.78 is 5.57. The van der Waals surface area contributed by atoms with Crippen molar-refractivity contribution >= 4 is 11.5 Å². The number of ketones is 1. The Labute approximate surface area is 96.0 Å². The Bertz CT molecular complexity index is 412. The second-order valence-electron chi connectivity index (χ2n) is 4.47. The molecule has 0 unspecified atom stereocenters. The molecule has 0 spiro atoms. The lowest BCUT2D eigenvalue weighted by atomic mass is 10.0. The first-order chi connectivity index (χ1) is 7.59. The summed E-state index contributed by atoms with van der Waals surface area (Å²) in [7, 11) is 2.03. The number of Topliss-reactive ketones (excluding diaryl/α,β-unsaturated/α-hetero) is 1. The van der Waals surface area contributed by atoms with Gasteiger partial charge in [-0.15, -0.1) is 0 Å². The largest absolute Gasteiger partial charge is 0.490 e. The smallest absolute Gasteiger partial charge is 0.165 e. The molecular formula is C13H17NO2. The fourth-order valence-corrected chi connectivity index (χ4v) is 1.84. The normalized spacial score (nSPS) is 14.6. The highest BCUT2D eigenvalue weighted by molar-refractivity contribution is 5.98. The molecule has 1 aromatic rings. The minimum Gasteiger partial charge on any atom is -0.490 e. The van der Waals surface area contributed by atoms with Crippen LogP contribution in [0.25, 0.3) is 0 Å². The maximum atomic E-state index is 11.8. The number of hydrogen-bond donors (Lipinski definition) is 0. The van der Waals surface area contributed by atoms with Gasteiger partial charge in [-0.25, -0.2) is 0 Å². The minimum absolute atomic E-state index is 0.0272. The van der Waals surface area contributed by atoms with E-state index in [4.69, 9.17) is 4.74 Å². The molecule has 0 saturated carbocycles. The van der Waals surface area contributed by atoms with Crippen LogP contribution in [-0.2, 0) is 0 Å². The quantitative estimate of drug-likeness (QED) is 0.715. The molecule has 86 valence electrons. The molecule has 0 aromatic heterocycles. The van der Waals surface area contributed by atoms with Crippen molar-refractivity contribution in [2.75, 3.05) is 25.1 Å². The molecule has 1 aliphatic heterocycles. The molecule has 1 heterocycles. The van der Waals surface area contributed by atoms with Crippen LogP contribution in [0.1, 0.15) is 24.2 Å². The number of likely N-dealkylation sites (N-methyl/N-ethyl adjacent to an activating group) is 1. The topological polar surface area (TPSA) is 29.5 Å². The fraction of sp³-hybridized carbons (Fsp3) is 0.462. The number of nitrogens with zero attached hydrogens (tertiary/aromatic N) is 1. The summed E-state index contributed by atoms with van der Waals surface area (Å²) in [6.07, 6.45) is 0. The van der Waals surface area contributed by atoms with E-state index in [2.05, 4.69) is 4.90 Å². The van der Waals surface area contributed by atoms with Gasteiger partial charge < -0.3 is 9.64 Å². The lowest BCUT2D eigenvalue weighted by molar-refractivity contribution is 0.0939. The van der Waals surface area contributed by atoms with E-state index in [0.717, 1.165) is 23.5 Å². The Morgan fingerprint density at radius 1 is 1.44 bits per heavy atom. The molecule has 0 bridgehead atoms. The summed E-state index contributed by atoms with van der Waals surface area (Å²) in [6.45, 7) is 5.40. The first kappa shape index (κ1) is 11.0. The Morgan fingerprint density at radius 3 is 2.88 bits per heavy atom. The highest BCUT2D eigenvalue weighted by atomic mass is 16.5. The van der Waals surface area contributed by atoms with Crippen LogP contribution in [0.15, 0.2) is 18.2 Å². The van der Waals surface area contributed by atoms with Gasteiger partial charge in [0.1, 0.15) is 12.4 Å². The molecule has 2 rings (SSSR count). The first-order valence-corrected chi connectivity index (χ1v) is 5.62. The molecule has 0 N–H and O–H groups in total. The Balaban J connectivity index is 2.35. The van der Waals surface area contributed by atoms with Gasteiger partial charge in [0.05, 0.1) is 12.2 Å². The van der Waals surface area contributed by atoms with Crippen LogP contribution in [0.5, 0.6) is 5.75 Å². The summed E-state index contributed by atoms with van der Waals surface area (Å²) in [5.41, 5.74) is 1.80. The van der Waals surface area contributed by atoms with Crippen molar-refractivity contribution in [1.29, 1.82) is 0 Å². The van der Waals surface area contributed by atoms with Crippen LogP contribution >= 0.6 is 0 Å². The summed E-state index contributed by atoms with van der Waals surface area (Å²) in [6, 6.07) is 5.70. The zero-order valence-corrected chi connectivity index (χ0v) is 9.99. The van der Waals surface area contributed by atoms with E-state index in [1.165, 1.54) is 0 Å². The monoisotopic (exact) mass is 219 g/mol. The van der Waals surface area contributed by atoms with Crippen LogP contribution in [0, 0.1) is 5.92 Å². The summed E-state index contributed by atoms with van der Waals surface area (Å²) in [4.78, 5) is 14.0. The molecule has 0 atom stereocenters. The molecule has 0 amide bonds. The molecule has 16 heavy (non-hydrogen) atoms. The maximum Gasteiger partial charge on any atom is 0.165 e. The predicted octanol–water partition coefficient (Wildman–Crippen LogP) is 2.35. The number of fused-ring (bicyclic) bond motifs is 1. The number of carbonyl (C=O) groups excluding carboxylic acids is 1. The van der Waals surface area contributed by atoms with Crippen LogP contribution in [0.4, 0.5) is 5.69 Å². The zero-order valence-electron chi connectivity index (χ0n) is 9.99. The Morgan fingerprint density at radius 2 is 2.19 bits per heavy atom. The van der Waals surface area contributed by atoms with Crippen molar-refractivity contribution < 1.29 is 9.53 Å². The van der Waals surface area contributed by atoms with E-state index in [9.17, 15) is 4.79 Å². The Hall–Kier alpha value is -1.51. The molecule has 0 fully saturated rings. The molecule has 0 radical (unpaired) electrons. The number of ether oxygens (including phenoxy) is 1. The van der Waals surface area contributed by atoms with E-state index in [0.29, 0.717) is 6.61 Å². The average Bonchev–Trinajstić information content (AvgIpc) is 2.28. The van der Waals surface area contributed by atoms with Gasteiger partial charge >= 0.3 is 0 Å². The van der Waals surface area contributed by atoms with Gasteiger partial charge in [-0.2, -0.15) is 0 Å².